The highest BCUT2D eigenvalue weighted by Crippen LogP contribution is 2.25. The van der Waals surface area contributed by atoms with Crippen molar-refractivity contribution in [1.29, 1.82) is 0 Å². The van der Waals surface area contributed by atoms with Crippen molar-refractivity contribution in [2.75, 3.05) is 44.2 Å². The van der Waals surface area contributed by atoms with E-state index in [1.807, 2.05) is 43.0 Å². The number of piperazine rings is 1. The lowest BCUT2D eigenvalue weighted by molar-refractivity contribution is -0.120. The Balaban J connectivity index is 1.63. The van der Waals surface area contributed by atoms with Gasteiger partial charge in [-0.1, -0.05) is 41.9 Å². The number of benzene rings is 2. The van der Waals surface area contributed by atoms with Crippen molar-refractivity contribution >= 4 is 33.2 Å². The first-order valence-corrected chi connectivity index (χ1v) is 11.5. The molecule has 1 heterocycles. The van der Waals surface area contributed by atoms with Crippen molar-refractivity contribution < 1.29 is 13.2 Å². The third-order valence-electron chi connectivity index (χ3n) is 5.17. The molecule has 1 aliphatic heterocycles. The first-order valence-electron chi connectivity index (χ1n) is 9.67. The number of halogens is 1. The van der Waals surface area contributed by atoms with Gasteiger partial charge in [0.1, 0.15) is 4.90 Å². The Morgan fingerprint density at radius 1 is 1.03 bits per heavy atom. The zero-order valence-corrected chi connectivity index (χ0v) is 18.3. The van der Waals surface area contributed by atoms with Gasteiger partial charge < -0.3 is 4.90 Å². The molecule has 0 aromatic heterocycles. The van der Waals surface area contributed by atoms with E-state index in [2.05, 4.69) is 0 Å². The van der Waals surface area contributed by atoms with Crippen LogP contribution in [0.3, 0.4) is 0 Å². The number of anilines is 1. The molecule has 8 heteroatoms. The standard InChI is InChI=1S/C21H26ClN3O3S/c1-3-25(19-10-6-4-8-17(19)2)21(26)16-23-12-14-24(15-13-23)29(27,28)20-11-7-5-9-18(20)22/h4-11H,3,12-16H2,1-2H3. The van der Waals surface area contributed by atoms with Crippen LogP contribution in [0.25, 0.3) is 0 Å². The molecule has 2 aromatic carbocycles. The SMILES string of the molecule is CCN(C(=O)CN1CCN(S(=O)(=O)c2ccccc2Cl)CC1)c1ccccc1C. The molecular formula is C21H26ClN3O3S. The number of sulfonamides is 1. The molecule has 0 aliphatic carbocycles. The van der Waals surface area contributed by atoms with Gasteiger partial charge in [-0.3, -0.25) is 9.69 Å². The Hall–Kier alpha value is -1.93. The van der Waals surface area contributed by atoms with Gasteiger partial charge in [0.25, 0.3) is 0 Å². The highest BCUT2D eigenvalue weighted by molar-refractivity contribution is 7.89. The number of carbonyl (C=O) groups excluding carboxylic acids is 1. The topological polar surface area (TPSA) is 60.9 Å². The largest absolute Gasteiger partial charge is 0.311 e. The van der Waals surface area contributed by atoms with Crippen molar-refractivity contribution in [3.63, 3.8) is 0 Å². The molecule has 1 saturated heterocycles. The number of para-hydroxylation sites is 1. The van der Waals surface area contributed by atoms with Crippen LogP contribution in [0.4, 0.5) is 5.69 Å². The normalized spacial score (nSPS) is 16.0. The second-order valence-corrected chi connectivity index (χ2v) is 9.35. The number of likely N-dealkylation sites (N-methyl/N-ethyl adjacent to an activating group) is 1. The molecule has 0 N–H and O–H groups in total. The molecule has 1 fully saturated rings. The van der Waals surface area contributed by atoms with Crippen molar-refractivity contribution in [1.82, 2.24) is 9.21 Å². The number of hydrogen-bond acceptors (Lipinski definition) is 4. The van der Waals surface area contributed by atoms with Crippen LogP contribution in [-0.2, 0) is 14.8 Å². The minimum atomic E-state index is -3.63. The average Bonchev–Trinajstić information content (AvgIpc) is 2.70. The molecule has 0 spiro atoms. The number of carbonyl (C=O) groups is 1. The molecule has 0 unspecified atom stereocenters. The fraction of sp³-hybridized carbons (Fsp3) is 0.381. The van der Waals surface area contributed by atoms with Crippen LogP contribution in [0.2, 0.25) is 5.02 Å². The van der Waals surface area contributed by atoms with Crippen LogP contribution >= 0.6 is 11.6 Å². The number of aryl methyl sites for hydroxylation is 1. The van der Waals surface area contributed by atoms with E-state index in [4.69, 9.17) is 11.6 Å². The Bertz CT molecular complexity index is 973. The van der Waals surface area contributed by atoms with Gasteiger partial charge in [-0.15, -0.1) is 0 Å². The van der Waals surface area contributed by atoms with Crippen molar-refractivity contribution in [3.05, 3.63) is 59.1 Å². The Kier molecular flexibility index (Phi) is 6.95. The first-order chi connectivity index (χ1) is 13.8. The van der Waals surface area contributed by atoms with Crippen molar-refractivity contribution in [2.45, 2.75) is 18.7 Å². The van der Waals surface area contributed by atoms with E-state index in [1.54, 1.807) is 23.1 Å². The van der Waals surface area contributed by atoms with Crippen LogP contribution in [0.5, 0.6) is 0 Å². The average molecular weight is 436 g/mol. The second-order valence-electron chi connectivity index (χ2n) is 7.04. The number of nitrogens with zero attached hydrogens (tertiary/aromatic N) is 3. The molecule has 0 saturated carbocycles. The lowest BCUT2D eigenvalue weighted by atomic mass is 10.1. The van der Waals surface area contributed by atoms with Crippen LogP contribution in [-0.4, -0.2) is 62.8 Å². The van der Waals surface area contributed by atoms with Gasteiger partial charge in [0.05, 0.1) is 11.6 Å². The summed E-state index contributed by atoms with van der Waals surface area (Å²) < 4.78 is 27.2. The number of hydrogen-bond donors (Lipinski definition) is 0. The van der Waals surface area contributed by atoms with E-state index in [-0.39, 0.29) is 22.4 Å². The monoisotopic (exact) mass is 435 g/mol. The highest BCUT2D eigenvalue weighted by Gasteiger charge is 2.31. The van der Waals surface area contributed by atoms with Crippen molar-refractivity contribution in [2.24, 2.45) is 0 Å². The lowest BCUT2D eigenvalue weighted by Gasteiger charge is -2.35. The maximum absolute atomic E-state index is 12.9. The van der Waals surface area contributed by atoms with Crippen LogP contribution in [0.1, 0.15) is 12.5 Å². The summed E-state index contributed by atoms with van der Waals surface area (Å²) in [5.41, 5.74) is 1.97. The molecular weight excluding hydrogens is 410 g/mol. The smallest absolute Gasteiger partial charge is 0.244 e. The summed E-state index contributed by atoms with van der Waals surface area (Å²) in [5.74, 6) is 0.0178. The van der Waals surface area contributed by atoms with Crippen LogP contribution in [0.15, 0.2) is 53.4 Å². The predicted molar refractivity (Wildman–Crippen MR) is 116 cm³/mol. The van der Waals surface area contributed by atoms with Gasteiger partial charge in [-0.05, 0) is 37.6 Å². The summed E-state index contributed by atoms with van der Waals surface area (Å²) in [6.45, 7) is 6.46. The van der Waals surface area contributed by atoms with E-state index in [9.17, 15) is 13.2 Å². The zero-order chi connectivity index (χ0) is 21.0. The molecule has 2 aromatic rings. The van der Waals surface area contributed by atoms with Gasteiger partial charge in [0.15, 0.2) is 0 Å². The van der Waals surface area contributed by atoms with Gasteiger partial charge in [0, 0.05) is 38.4 Å². The van der Waals surface area contributed by atoms with E-state index >= 15 is 0 Å². The number of rotatable bonds is 6. The van der Waals surface area contributed by atoms with Crippen molar-refractivity contribution in [3.8, 4) is 0 Å². The van der Waals surface area contributed by atoms with Gasteiger partial charge in [0.2, 0.25) is 15.9 Å². The summed E-state index contributed by atoms with van der Waals surface area (Å²) in [6.07, 6.45) is 0. The Morgan fingerprint density at radius 2 is 1.66 bits per heavy atom. The maximum Gasteiger partial charge on any atom is 0.244 e. The molecule has 0 atom stereocenters. The van der Waals surface area contributed by atoms with Gasteiger partial charge in [-0.25, -0.2) is 8.42 Å². The summed E-state index contributed by atoms with van der Waals surface area (Å²) in [4.78, 5) is 16.8. The van der Waals surface area contributed by atoms with E-state index < -0.39 is 10.0 Å². The number of amides is 1. The minimum Gasteiger partial charge on any atom is -0.311 e. The Morgan fingerprint density at radius 3 is 2.28 bits per heavy atom. The fourth-order valence-electron chi connectivity index (χ4n) is 3.54. The molecule has 3 rings (SSSR count). The second kappa shape index (κ2) is 9.26. The quantitative estimate of drug-likeness (QED) is 0.699. The first kappa shape index (κ1) is 21.8. The predicted octanol–water partition coefficient (Wildman–Crippen LogP) is 3.01. The van der Waals surface area contributed by atoms with Crippen LogP contribution < -0.4 is 4.90 Å². The van der Waals surface area contributed by atoms with E-state index in [1.165, 1.54) is 10.4 Å². The zero-order valence-electron chi connectivity index (χ0n) is 16.7. The molecule has 0 radical (unpaired) electrons. The van der Waals surface area contributed by atoms with Crippen LogP contribution in [0, 0.1) is 6.92 Å². The summed E-state index contributed by atoms with van der Waals surface area (Å²) in [5, 5.41) is 0.224. The van der Waals surface area contributed by atoms with Gasteiger partial charge >= 0.3 is 0 Å². The summed E-state index contributed by atoms with van der Waals surface area (Å²) in [6, 6.07) is 14.3. The Labute approximate surface area is 177 Å². The summed E-state index contributed by atoms with van der Waals surface area (Å²) in [7, 11) is -3.63. The lowest BCUT2D eigenvalue weighted by Crippen LogP contribution is -2.51. The van der Waals surface area contributed by atoms with E-state index in [0.29, 0.717) is 32.7 Å². The molecule has 1 aliphatic rings. The third kappa shape index (κ3) is 4.80. The maximum atomic E-state index is 12.9. The fourth-order valence-corrected chi connectivity index (χ4v) is 5.46. The van der Waals surface area contributed by atoms with E-state index in [0.717, 1.165) is 11.3 Å². The highest BCUT2D eigenvalue weighted by atomic mass is 35.5. The summed E-state index contributed by atoms with van der Waals surface area (Å²) >= 11 is 6.08. The molecule has 156 valence electrons. The molecule has 0 bridgehead atoms. The minimum absolute atomic E-state index is 0.0178. The molecule has 6 nitrogen and oxygen atoms in total. The molecule has 1 amide bonds. The molecule has 29 heavy (non-hydrogen) atoms. The van der Waals surface area contributed by atoms with Gasteiger partial charge in [-0.2, -0.15) is 4.31 Å². The third-order valence-corrected chi connectivity index (χ3v) is 7.57.